The number of hydrogen-bond donors (Lipinski definition) is 1. The van der Waals surface area contributed by atoms with Crippen LogP contribution in [0.1, 0.15) is 5.56 Å². The summed E-state index contributed by atoms with van der Waals surface area (Å²) in [7, 11) is 1.26. The van der Waals surface area contributed by atoms with Crippen LogP contribution < -0.4 is 9.80 Å². The van der Waals surface area contributed by atoms with Gasteiger partial charge in [-0.1, -0.05) is 36.4 Å². The highest BCUT2D eigenvalue weighted by Gasteiger charge is 2.24. The van der Waals surface area contributed by atoms with E-state index in [0.29, 0.717) is 11.4 Å². The van der Waals surface area contributed by atoms with Crippen molar-refractivity contribution < 1.29 is 19.4 Å². The monoisotopic (exact) mass is 314 g/mol. The zero-order chi connectivity index (χ0) is 16.8. The molecule has 0 aliphatic carbocycles. The van der Waals surface area contributed by atoms with Crippen molar-refractivity contribution in [2.24, 2.45) is 0 Å². The first-order valence-electron chi connectivity index (χ1n) is 7.01. The summed E-state index contributed by atoms with van der Waals surface area (Å²) in [5.74, 6) is 0. The Hall–Kier alpha value is -3.02. The molecule has 2 aromatic rings. The van der Waals surface area contributed by atoms with Crippen molar-refractivity contribution in [3.05, 3.63) is 60.2 Å². The molecule has 0 atom stereocenters. The average Bonchev–Trinajstić information content (AvgIpc) is 2.57. The molecule has 0 spiro atoms. The van der Waals surface area contributed by atoms with E-state index in [4.69, 9.17) is 4.74 Å². The van der Waals surface area contributed by atoms with Crippen molar-refractivity contribution in [2.75, 3.05) is 23.6 Å². The summed E-state index contributed by atoms with van der Waals surface area (Å²) in [4.78, 5) is 26.1. The van der Waals surface area contributed by atoms with Crippen LogP contribution >= 0.6 is 0 Å². The van der Waals surface area contributed by atoms with Crippen LogP contribution in [0, 0.1) is 6.92 Å². The first-order valence-corrected chi connectivity index (χ1v) is 7.01. The normalized spacial score (nSPS) is 10.0. The number of ether oxygens (including phenoxy) is 1. The van der Waals surface area contributed by atoms with E-state index in [1.807, 2.05) is 25.1 Å². The fraction of sp³-hybridized carbons (Fsp3) is 0.176. The molecule has 0 fully saturated rings. The van der Waals surface area contributed by atoms with Crippen LogP contribution in [0.3, 0.4) is 0 Å². The summed E-state index contributed by atoms with van der Waals surface area (Å²) in [5.41, 5.74) is 1.87. The van der Waals surface area contributed by atoms with Crippen molar-refractivity contribution in [1.29, 1.82) is 0 Å². The Labute approximate surface area is 134 Å². The Morgan fingerprint density at radius 2 is 1.61 bits per heavy atom. The van der Waals surface area contributed by atoms with Gasteiger partial charge < -0.3 is 9.84 Å². The lowest BCUT2D eigenvalue weighted by molar-refractivity contribution is 0.178. The van der Waals surface area contributed by atoms with E-state index in [1.165, 1.54) is 12.0 Å². The second kappa shape index (κ2) is 7.31. The molecule has 6 heteroatoms. The highest BCUT2D eigenvalue weighted by atomic mass is 16.5. The minimum absolute atomic E-state index is 0.170. The Kier molecular flexibility index (Phi) is 5.19. The number of anilines is 2. The van der Waals surface area contributed by atoms with Gasteiger partial charge in [0.2, 0.25) is 0 Å². The maximum atomic E-state index is 12.1. The number of rotatable bonds is 4. The van der Waals surface area contributed by atoms with Crippen LogP contribution in [0.15, 0.2) is 54.6 Å². The molecule has 120 valence electrons. The molecule has 0 aromatic heterocycles. The fourth-order valence-corrected chi connectivity index (χ4v) is 2.21. The van der Waals surface area contributed by atoms with Crippen LogP contribution in [0.2, 0.25) is 0 Å². The summed E-state index contributed by atoms with van der Waals surface area (Å²) >= 11 is 0. The van der Waals surface area contributed by atoms with Gasteiger partial charge in [0.05, 0.1) is 12.8 Å². The van der Waals surface area contributed by atoms with Gasteiger partial charge in [0, 0.05) is 5.69 Å². The summed E-state index contributed by atoms with van der Waals surface area (Å²) in [6.45, 7) is 1.65. The molecule has 0 bridgehead atoms. The standard InChI is InChI=1S/C17H18N2O4/c1-13-8-6-7-11-15(13)19(16(20)21)12-18(17(22)23-2)14-9-4-3-5-10-14/h3-11H,12H2,1-2H3,(H,20,21). The molecular weight excluding hydrogens is 296 g/mol. The highest BCUT2D eigenvalue weighted by molar-refractivity contribution is 5.92. The van der Waals surface area contributed by atoms with E-state index < -0.39 is 12.2 Å². The SMILES string of the molecule is COC(=O)N(CN(C(=O)O)c1ccccc1C)c1ccccc1. The van der Waals surface area contributed by atoms with Crippen molar-refractivity contribution in [3.8, 4) is 0 Å². The zero-order valence-corrected chi connectivity index (χ0v) is 13.0. The Morgan fingerprint density at radius 3 is 2.17 bits per heavy atom. The van der Waals surface area contributed by atoms with E-state index in [1.54, 1.807) is 36.4 Å². The zero-order valence-electron chi connectivity index (χ0n) is 13.0. The molecule has 6 nitrogen and oxygen atoms in total. The minimum atomic E-state index is -1.15. The van der Waals surface area contributed by atoms with Crippen LogP contribution in [0.5, 0.6) is 0 Å². The lowest BCUT2D eigenvalue weighted by Gasteiger charge is -2.28. The Morgan fingerprint density at radius 1 is 1.00 bits per heavy atom. The predicted molar refractivity (Wildman–Crippen MR) is 87.9 cm³/mol. The lowest BCUT2D eigenvalue weighted by Crippen LogP contribution is -2.44. The smallest absolute Gasteiger partial charge is 0.415 e. The molecule has 0 radical (unpaired) electrons. The first kappa shape index (κ1) is 16.4. The van der Waals surface area contributed by atoms with Gasteiger partial charge in [0.15, 0.2) is 0 Å². The Bertz CT molecular complexity index is 688. The molecular formula is C17H18N2O4. The van der Waals surface area contributed by atoms with E-state index in [0.717, 1.165) is 10.5 Å². The molecule has 2 rings (SSSR count). The number of carboxylic acid groups (broad SMARTS) is 1. The van der Waals surface area contributed by atoms with Gasteiger partial charge in [-0.2, -0.15) is 0 Å². The number of benzene rings is 2. The third kappa shape index (κ3) is 3.79. The number of nitrogens with zero attached hydrogens (tertiary/aromatic N) is 2. The number of amides is 2. The van der Waals surface area contributed by atoms with Gasteiger partial charge in [-0.3, -0.25) is 9.80 Å². The molecule has 2 aromatic carbocycles. The number of para-hydroxylation sites is 2. The number of methoxy groups -OCH3 is 1. The van der Waals surface area contributed by atoms with Gasteiger partial charge in [0.25, 0.3) is 0 Å². The van der Waals surface area contributed by atoms with Gasteiger partial charge in [0.1, 0.15) is 6.67 Å². The second-order valence-electron chi connectivity index (χ2n) is 4.87. The third-order valence-electron chi connectivity index (χ3n) is 3.38. The quantitative estimate of drug-likeness (QED) is 0.873. The summed E-state index contributed by atoms with van der Waals surface area (Å²) in [5, 5.41) is 9.55. The first-order chi connectivity index (χ1) is 11.0. The molecule has 0 aliphatic rings. The molecule has 0 saturated carbocycles. The van der Waals surface area contributed by atoms with Crippen molar-refractivity contribution in [3.63, 3.8) is 0 Å². The number of carbonyl (C=O) groups is 2. The maximum absolute atomic E-state index is 12.1. The number of hydrogen-bond acceptors (Lipinski definition) is 3. The molecule has 0 saturated heterocycles. The van der Waals surface area contributed by atoms with E-state index in [9.17, 15) is 14.7 Å². The topological polar surface area (TPSA) is 70.1 Å². The summed E-state index contributed by atoms with van der Waals surface area (Å²) < 4.78 is 4.78. The van der Waals surface area contributed by atoms with Crippen molar-refractivity contribution >= 4 is 23.6 Å². The van der Waals surface area contributed by atoms with Gasteiger partial charge >= 0.3 is 12.2 Å². The second-order valence-corrected chi connectivity index (χ2v) is 4.87. The van der Waals surface area contributed by atoms with Crippen molar-refractivity contribution in [1.82, 2.24) is 0 Å². The van der Waals surface area contributed by atoms with Crippen LogP contribution in [0.25, 0.3) is 0 Å². The Balaban J connectivity index is 2.38. The molecule has 0 heterocycles. The van der Waals surface area contributed by atoms with Crippen LogP contribution in [0.4, 0.5) is 21.0 Å². The van der Waals surface area contributed by atoms with Crippen molar-refractivity contribution in [2.45, 2.75) is 6.92 Å². The largest absolute Gasteiger partial charge is 0.465 e. The molecule has 23 heavy (non-hydrogen) atoms. The lowest BCUT2D eigenvalue weighted by atomic mass is 10.2. The van der Waals surface area contributed by atoms with Gasteiger partial charge in [-0.25, -0.2) is 9.59 Å². The summed E-state index contributed by atoms with van der Waals surface area (Å²) in [6.07, 6.45) is -1.78. The summed E-state index contributed by atoms with van der Waals surface area (Å²) in [6, 6.07) is 15.9. The van der Waals surface area contributed by atoms with Crippen LogP contribution in [-0.2, 0) is 4.74 Å². The average molecular weight is 314 g/mol. The third-order valence-corrected chi connectivity index (χ3v) is 3.38. The highest BCUT2D eigenvalue weighted by Crippen LogP contribution is 2.22. The predicted octanol–water partition coefficient (Wildman–Crippen LogP) is 3.71. The van der Waals surface area contributed by atoms with E-state index >= 15 is 0 Å². The fourth-order valence-electron chi connectivity index (χ4n) is 2.21. The maximum Gasteiger partial charge on any atom is 0.415 e. The molecule has 0 unspecified atom stereocenters. The molecule has 2 amide bonds. The molecule has 0 aliphatic heterocycles. The van der Waals surface area contributed by atoms with Gasteiger partial charge in [-0.05, 0) is 30.7 Å². The molecule has 1 N–H and O–H groups in total. The number of carbonyl (C=O) groups excluding carboxylic acids is 1. The number of aryl methyl sites for hydroxylation is 1. The minimum Gasteiger partial charge on any atom is -0.465 e. The van der Waals surface area contributed by atoms with Crippen LogP contribution in [-0.4, -0.2) is 31.1 Å². The van der Waals surface area contributed by atoms with Gasteiger partial charge in [-0.15, -0.1) is 0 Å². The van der Waals surface area contributed by atoms with E-state index in [-0.39, 0.29) is 6.67 Å². The van der Waals surface area contributed by atoms with E-state index in [2.05, 4.69) is 0 Å².